The van der Waals surface area contributed by atoms with Crippen molar-refractivity contribution in [3.8, 4) is 5.75 Å². The number of methoxy groups -OCH3 is 1. The predicted octanol–water partition coefficient (Wildman–Crippen LogP) is 4.50. The van der Waals surface area contributed by atoms with Gasteiger partial charge in [-0.3, -0.25) is 5.41 Å². The lowest BCUT2D eigenvalue weighted by Gasteiger charge is -2.19. The van der Waals surface area contributed by atoms with E-state index in [1.54, 1.807) is 13.3 Å². The highest BCUT2D eigenvalue weighted by molar-refractivity contribution is 6.13. The molecule has 1 unspecified atom stereocenters. The molecule has 2 aromatic rings. The Morgan fingerprint density at radius 2 is 2.09 bits per heavy atom. The minimum absolute atomic E-state index is 0.381. The van der Waals surface area contributed by atoms with Gasteiger partial charge in [-0.1, -0.05) is 32.4 Å². The molecule has 1 aromatic carbocycles. The molecule has 1 atom stereocenters. The average molecular weight is 311 g/mol. The van der Waals surface area contributed by atoms with Crippen LogP contribution in [0, 0.1) is 5.41 Å². The van der Waals surface area contributed by atoms with Crippen LogP contribution in [0.5, 0.6) is 5.75 Å². The number of ether oxygens (including phenoxy) is 1. The van der Waals surface area contributed by atoms with Crippen LogP contribution in [0.4, 0.5) is 5.82 Å². The SMILES string of the molecule is CCCC(CC)Nc1ncccc1C(=N)c1cccc(OC)c1. The van der Waals surface area contributed by atoms with Gasteiger partial charge in [0.05, 0.1) is 12.8 Å². The summed E-state index contributed by atoms with van der Waals surface area (Å²) in [4.78, 5) is 4.45. The maximum atomic E-state index is 8.55. The number of nitrogens with zero attached hydrogens (tertiary/aromatic N) is 1. The van der Waals surface area contributed by atoms with Gasteiger partial charge in [-0.05, 0) is 37.1 Å². The monoisotopic (exact) mass is 311 g/mol. The molecule has 0 saturated carbocycles. The van der Waals surface area contributed by atoms with Crippen LogP contribution in [0.25, 0.3) is 0 Å². The summed E-state index contributed by atoms with van der Waals surface area (Å²) in [5.74, 6) is 1.53. The van der Waals surface area contributed by atoms with Crippen molar-refractivity contribution in [3.63, 3.8) is 0 Å². The van der Waals surface area contributed by atoms with Gasteiger partial charge in [-0.2, -0.15) is 0 Å². The van der Waals surface area contributed by atoms with Crippen LogP contribution < -0.4 is 10.1 Å². The quantitative estimate of drug-likeness (QED) is 0.706. The summed E-state index contributed by atoms with van der Waals surface area (Å²) >= 11 is 0. The number of benzene rings is 1. The average Bonchev–Trinajstić information content (AvgIpc) is 2.61. The lowest BCUT2D eigenvalue weighted by atomic mass is 10.0. The summed E-state index contributed by atoms with van der Waals surface area (Å²) in [5.41, 5.74) is 2.09. The molecule has 0 amide bonds. The van der Waals surface area contributed by atoms with Crippen LogP contribution >= 0.6 is 0 Å². The standard InChI is InChI=1S/C19H25N3O/c1-4-8-15(5-2)22-19-17(11-7-12-21-19)18(20)14-9-6-10-16(13-14)23-3/h6-7,9-13,15,20H,4-5,8H2,1-3H3,(H,21,22). The largest absolute Gasteiger partial charge is 0.497 e. The second kappa shape index (κ2) is 8.32. The minimum Gasteiger partial charge on any atom is -0.497 e. The molecule has 4 heteroatoms. The van der Waals surface area contributed by atoms with Crippen molar-refractivity contribution in [2.24, 2.45) is 0 Å². The second-order valence-electron chi connectivity index (χ2n) is 5.54. The Morgan fingerprint density at radius 1 is 1.26 bits per heavy atom. The van der Waals surface area contributed by atoms with Crippen molar-refractivity contribution in [2.45, 2.75) is 39.2 Å². The van der Waals surface area contributed by atoms with Gasteiger partial charge in [0.1, 0.15) is 11.6 Å². The van der Waals surface area contributed by atoms with E-state index in [1.807, 2.05) is 36.4 Å². The van der Waals surface area contributed by atoms with Gasteiger partial charge in [-0.25, -0.2) is 4.98 Å². The highest BCUT2D eigenvalue weighted by Crippen LogP contribution is 2.21. The van der Waals surface area contributed by atoms with E-state index >= 15 is 0 Å². The van der Waals surface area contributed by atoms with E-state index in [0.29, 0.717) is 11.8 Å². The first-order valence-electron chi connectivity index (χ1n) is 8.14. The summed E-state index contributed by atoms with van der Waals surface area (Å²) in [6.07, 6.45) is 5.03. The Labute approximate surface area is 138 Å². The van der Waals surface area contributed by atoms with Gasteiger partial charge in [0.25, 0.3) is 0 Å². The molecule has 0 aliphatic carbocycles. The number of aromatic nitrogens is 1. The van der Waals surface area contributed by atoms with Crippen LogP contribution in [-0.2, 0) is 0 Å². The Morgan fingerprint density at radius 3 is 2.78 bits per heavy atom. The van der Waals surface area contributed by atoms with Gasteiger partial charge in [0.2, 0.25) is 0 Å². The van der Waals surface area contributed by atoms with Crippen LogP contribution in [0.2, 0.25) is 0 Å². The molecule has 1 heterocycles. The number of anilines is 1. The van der Waals surface area contributed by atoms with Crippen molar-refractivity contribution < 1.29 is 4.74 Å². The van der Waals surface area contributed by atoms with E-state index in [-0.39, 0.29) is 0 Å². The molecule has 0 aliphatic heterocycles. The Bertz CT molecular complexity index is 655. The van der Waals surface area contributed by atoms with Crippen molar-refractivity contribution in [3.05, 3.63) is 53.7 Å². The third kappa shape index (κ3) is 4.31. The maximum Gasteiger partial charge on any atom is 0.135 e. The molecule has 0 bridgehead atoms. The molecular formula is C19H25N3O. The number of nitrogens with one attached hydrogen (secondary N) is 2. The summed E-state index contributed by atoms with van der Waals surface area (Å²) in [7, 11) is 1.64. The first-order chi connectivity index (χ1) is 11.2. The Hall–Kier alpha value is -2.36. The zero-order valence-corrected chi connectivity index (χ0v) is 14.1. The van der Waals surface area contributed by atoms with E-state index in [0.717, 1.165) is 42.0 Å². The van der Waals surface area contributed by atoms with E-state index in [9.17, 15) is 0 Å². The minimum atomic E-state index is 0.381. The Kier molecular flexibility index (Phi) is 6.15. The molecule has 0 spiro atoms. The normalized spacial score (nSPS) is 11.8. The van der Waals surface area contributed by atoms with Crippen LogP contribution in [0.3, 0.4) is 0 Å². The summed E-state index contributed by atoms with van der Waals surface area (Å²) in [5, 5.41) is 12.0. The lowest BCUT2D eigenvalue weighted by Crippen LogP contribution is -2.21. The third-order valence-electron chi connectivity index (χ3n) is 3.91. The molecular weight excluding hydrogens is 286 g/mol. The number of hydrogen-bond acceptors (Lipinski definition) is 4. The second-order valence-corrected chi connectivity index (χ2v) is 5.54. The zero-order chi connectivity index (χ0) is 16.7. The van der Waals surface area contributed by atoms with E-state index < -0.39 is 0 Å². The lowest BCUT2D eigenvalue weighted by molar-refractivity contribution is 0.414. The van der Waals surface area contributed by atoms with Crippen LogP contribution in [0.1, 0.15) is 44.2 Å². The topological polar surface area (TPSA) is 58.0 Å². The van der Waals surface area contributed by atoms with Crippen LogP contribution in [-0.4, -0.2) is 23.8 Å². The highest BCUT2D eigenvalue weighted by Gasteiger charge is 2.14. The predicted molar refractivity (Wildman–Crippen MR) is 95.8 cm³/mol. The first-order valence-corrected chi connectivity index (χ1v) is 8.14. The third-order valence-corrected chi connectivity index (χ3v) is 3.91. The van der Waals surface area contributed by atoms with Crippen LogP contribution in [0.15, 0.2) is 42.6 Å². The maximum absolute atomic E-state index is 8.55. The smallest absolute Gasteiger partial charge is 0.135 e. The first kappa shape index (κ1) is 17.0. The van der Waals surface area contributed by atoms with Gasteiger partial charge >= 0.3 is 0 Å². The molecule has 2 rings (SSSR count). The van der Waals surface area contributed by atoms with Crippen molar-refractivity contribution >= 4 is 11.5 Å². The highest BCUT2D eigenvalue weighted by atomic mass is 16.5. The molecule has 1 aromatic heterocycles. The summed E-state index contributed by atoms with van der Waals surface area (Å²) in [6, 6.07) is 11.8. The fraction of sp³-hybridized carbons (Fsp3) is 0.368. The van der Waals surface area contributed by atoms with Crippen molar-refractivity contribution in [2.75, 3.05) is 12.4 Å². The fourth-order valence-corrected chi connectivity index (χ4v) is 2.58. The molecule has 2 N–H and O–H groups in total. The molecule has 0 saturated heterocycles. The molecule has 0 aliphatic rings. The molecule has 4 nitrogen and oxygen atoms in total. The van der Waals surface area contributed by atoms with E-state index in [4.69, 9.17) is 10.1 Å². The summed E-state index contributed by atoms with van der Waals surface area (Å²) < 4.78 is 5.26. The van der Waals surface area contributed by atoms with E-state index in [2.05, 4.69) is 24.1 Å². The number of rotatable bonds is 8. The number of hydrogen-bond donors (Lipinski definition) is 2. The molecule has 23 heavy (non-hydrogen) atoms. The molecule has 122 valence electrons. The van der Waals surface area contributed by atoms with Crippen molar-refractivity contribution in [1.82, 2.24) is 4.98 Å². The fourth-order valence-electron chi connectivity index (χ4n) is 2.58. The van der Waals surface area contributed by atoms with Gasteiger partial charge in [0, 0.05) is 23.4 Å². The zero-order valence-electron chi connectivity index (χ0n) is 14.1. The van der Waals surface area contributed by atoms with Gasteiger partial charge < -0.3 is 10.1 Å². The summed E-state index contributed by atoms with van der Waals surface area (Å²) in [6.45, 7) is 4.35. The van der Waals surface area contributed by atoms with Crippen molar-refractivity contribution in [1.29, 1.82) is 5.41 Å². The van der Waals surface area contributed by atoms with Gasteiger partial charge in [0.15, 0.2) is 0 Å². The van der Waals surface area contributed by atoms with E-state index in [1.165, 1.54) is 0 Å². The number of pyridine rings is 1. The Balaban J connectivity index is 2.30. The molecule has 0 radical (unpaired) electrons. The molecule has 0 fully saturated rings. The van der Waals surface area contributed by atoms with Gasteiger partial charge in [-0.15, -0.1) is 0 Å².